The van der Waals surface area contributed by atoms with Gasteiger partial charge >= 0.3 is 5.97 Å². The number of carbonyl (C=O) groups is 1. The zero-order valence-corrected chi connectivity index (χ0v) is 12.6. The Balaban J connectivity index is 2.70. The van der Waals surface area contributed by atoms with E-state index in [-0.39, 0.29) is 6.54 Å². The molecular weight excluding hydrogens is 278 g/mol. The fourth-order valence-electron chi connectivity index (χ4n) is 1.31. The summed E-state index contributed by atoms with van der Waals surface area (Å²) < 4.78 is 25.5. The molecule has 0 atom stereocenters. The van der Waals surface area contributed by atoms with Crippen LogP contribution in [0.2, 0.25) is 0 Å². The van der Waals surface area contributed by atoms with Crippen molar-refractivity contribution in [3.8, 4) is 0 Å². The number of carboxylic acids is 1. The maximum absolute atomic E-state index is 11.9. The van der Waals surface area contributed by atoms with Crippen LogP contribution in [0.3, 0.4) is 0 Å². The number of benzene rings is 1. The molecule has 0 aromatic heterocycles. The summed E-state index contributed by atoms with van der Waals surface area (Å²) in [4.78, 5) is 10.4. The maximum atomic E-state index is 11.9. The van der Waals surface area contributed by atoms with Crippen molar-refractivity contribution in [1.29, 1.82) is 0 Å². The van der Waals surface area contributed by atoms with Crippen molar-refractivity contribution < 1.29 is 18.3 Å². The molecule has 0 saturated heterocycles. The Kier molecular flexibility index (Phi) is 5.08. The molecule has 0 aliphatic heterocycles. The van der Waals surface area contributed by atoms with E-state index < -0.39 is 20.7 Å². The van der Waals surface area contributed by atoms with Crippen LogP contribution in [-0.2, 0) is 21.4 Å². The van der Waals surface area contributed by atoms with Crippen molar-refractivity contribution in [2.24, 2.45) is 0 Å². The third-order valence-electron chi connectivity index (χ3n) is 2.67. The molecule has 0 aliphatic rings. The van der Waals surface area contributed by atoms with E-state index in [9.17, 15) is 13.2 Å². The summed E-state index contributed by atoms with van der Waals surface area (Å²) in [7, 11) is -3.37. The molecule has 1 rings (SSSR count). The summed E-state index contributed by atoms with van der Waals surface area (Å²) in [6.45, 7) is 5.11. The fourth-order valence-corrected chi connectivity index (χ4v) is 2.10. The first-order chi connectivity index (χ1) is 9.12. The molecule has 0 fully saturated rings. The van der Waals surface area contributed by atoms with Gasteiger partial charge in [-0.25, -0.2) is 17.9 Å². The molecule has 0 unspecified atom stereocenters. The van der Waals surface area contributed by atoms with Gasteiger partial charge in [0.05, 0.1) is 4.75 Å². The molecule has 0 amide bonds. The molecule has 6 heteroatoms. The fraction of sp³-hybridized carbons (Fsp3) is 0.357. The topological polar surface area (TPSA) is 83.5 Å². The van der Waals surface area contributed by atoms with E-state index in [0.29, 0.717) is 0 Å². The van der Waals surface area contributed by atoms with Gasteiger partial charge in [-0.3, -0.25) is 0 Å². The van der Waals surface area contributed by atoms with E-state index in [0.717, 1.165) is 17.2 Å². The Morgan fingerprint density at radius 1 is 1.25 bits per heavy atom. The second kappa shape index (κ2) is 6.19. The van der Waals surface area contributed by atoms with Crippen LogP contribution in [0.4, 0.5) is 0 Å². The van der Waals surface area contributed by atoms with Crippen molar-refractivity contribution in [2.75, 3.05) is 0 Å². The Hall–Kier alpha value is -1.66. The van der Waals surface area contributed by atoms with Crippen molar-refractivity contribution >= 4 is 22.1 Å². The molecule has 1 aromatic rings. The van der Waals surface area contributed by atoms with Crippen LogP contribution in [0.5, 0.6) is 0 Å². The Bertz CT molecular complexity index is 595. The van der Waals surface area contributed by atoms with E-state index in [2.05, 4.69) is 4.72 Å². The minimum absolute atomic E-state index is 0.211. The van der Waals surface area contributed by atoms with Crippen LogP contribution >= 0.6 is 0 Å². The predicted molar refractivity (Wildman–Crippen MR) is 78.6 cm³/mol. The second-order valence-corrected chi connectivity index (χ2v) is 7.87. The van der Waals surface area contributed by atoms with E-state index in [4.69, 9.17) is 5.11 Å². The molecule has 5 nitrogen and oxygen atoms in total. The molecule has 0 saturated carbocycles. The van der Waals surface area contributed by atoms with Crippen molar-refractivity contribution in [1.82, 2.24) is 4.72 Å². The standard InChI is InChI=1S/C14H19NO4S/c1-14(2,3)20(18,19)15-10-12-6-4-11(5-7-12)8-9-13(16)17/h4-9,15H,10H2,1-3H3,(H,16,17). The highest BCUT2D eigenvalue weighted by Gasteiger charge is 2.28. The van der Waals surface area contributed by atoms with E-state index in [1.54, 1.807) is 45.0 Å². The molecule has 0 aliphatic carbocycles. The third kappa shape index (κ3) is 4.79. The molecule has 0 radical (unpaired) electrons. The lowest BCUT2D eigenvalue weighted by atomic mass is 10.1. The molecule has 2 N–H and O–H groups in total. The lowest BCUT2D eigenvalue weighted by Crippen LogP contribution is -2.38. The van der Waals surface area contributed by atoms with E-state index in [1.165, 1.54) is 6.08 Å². The van der Waals surface area contributed by atoms with Gasteiger partial charge in [-0.2, -0.15) is 0 Å². The van der Waals surface area contributed by atoms with Gasteiger partial charge in [0, 0.05) is 12.6 Å². The summed E-state index contributed by atoms with van der Waals surface area (Å²) in [5.41, 5.74) is 1.56. The summed E-state index contributed by atoms with van der Waals surface area (Å²) in [6, 6.07) is 6.99. The average molecular weight is 297 g/mol. The molecule has 110 valence electrons. The van der Waals surface area contributed by atoms with Gasteiger partial charge in [0.15, 0.2) is 0 Å². The highest BCUT2D eigenvalue weighted by atomic mass is 32.2. The lowest BCUT2D eigenvalue weighted by Gasteiger charge is -2.19. The van der Waals surface area contributed by atoms with Crippen LogP contribution in [0.25, 0.3) is 6.08 Å². The van der Waals surface area contributed by atoms with Crippen LogP contribution in [0.1, 0.15) is 31.9 Å². The molecule has 0 bridgehead atoms. The highest BCUT2D eigenvalue weighted by Crippen LogP contribution is 2.14. The highest BCUT2D eigenvalue weighted by molar-refractivity contribution is 7.90. The first kappa shape index (κ1) is 16.4. The van der Waals surface area contributed by atoms with Crippen LogP contribution in [0.15, 0.2) is 30.3 Å². The molecule has 0 spiro atoms. The molecular formula is C14H19NO4S. The molecule has 0 heterocycles. The molecule has 1 aromatic carbocycles. The summed E-state index contributed by atoms with van der Waals surface area (Å²) >= 11 is 0. The minimum atomic E-state index is -3.37. The quantitative estimate of drug-likeness (QED) is 0.814. The van der Waals surface area contributed by atoms with Gasteiger partial charge in [0.25, 0.3) is 0 Å². The number of nitrogens with one attached hydrogen (secondary N) is 1. The first-order valence-electron chi connectivity index (χ1n) is 6.11. The van der Waals surface area contributed by atoms with Crippen molar-refractivity contribution in [3.63, 3.8) is 0 Å². The number of sulfonamides is 1. The van der Waals surface area contributed by atoms with Gasteiger partial charge in [-0.15, -0.1) is 0 Å². The van der Waals surface area contributed by atoms with Gasteiger partial charge in [-0.1, -0.05) is 24.3 Å². The monoisotopic (exact) mass is 297 g/mol. The number of hydrogen-bond acceptors (Lipinski definition) is 3. The normalized spacial score (nSPS) is 12.8. The Morgan fingerprint density at radius 3 is 2.25 bits per heavy atom. The number of rotatable bonds is 5. The predicted octanol–water partition coefficient (Wildman–Crippen LogP) is 2.00. The van der Waals surface area contributed by atoms with Gasteiger partial charge < -0.3 is 5.11 Å². The van der Waals surface area contributed by atoms with Crippen molar-refractivity contribution in [2.45, 2.75) is 32.1 Å². The maximum Gasteiger partial charge on any atom is 0.328 e. The largest absolute Gasteiger partial charge is 0.478 e. The third-order valence-corrected chi connectivity index (χ3v) is 4.81. The second-order valence-electron chi connectivity index (χ2n) is 5.35. The number of aliphatic carboxylic acids is 1. The Morgan fingerprint density at radius 2 is 1.80 bits per heavy atom. The van der Waals surface area contributed by atoms with Crippen LogP contribution in [-0.4, -0.2) is 24.2 Å². The SMILES string of the molecule is CC(C)(C)S(=O)(=O)NCc1ccc(C=CC(=O)O)cc1. The van der Waals surface area contributed by atoms with Crippen LogP contribution in [0, 0.1) is 0 Å². The van der Waals surface area contributed by atoms with Crippen LogP contribution < -0.4 is 4.72 Å². The van der Waals surface area contributed by atoms with Gasteiger partial charge in [0.1, 0.15) is 0 Å². The number of hydrogen-bond donors (Lipinski definition) is 2. The lowest BCUT2D eigenvalue weighted by molar-refractivity contribution is -0.131. The summed E-state index contributed by atoms with van der Waals surface area (Å²) in [5, 5.41) is 8.52. The minimum Gasteiger partial charge on any atom is -0.478 e. The Labute approximate surface area is 119 Å². The van der Waals surface area contributed by atoms with Gasteiger partial charge in [-0.05, 0) is 38.0 Å². The van der Waals surface area contributed by atoms with E-state index in [1.807, 2.05) is 0 Å². The van der Waals surface area contributed by atoms with Crippen molar-refractivity contribution in [3.05, 3.63) is 41.5 Å². The number of carboxylic acid groups (broad SMARTS) is 1. The zero-order chi connectivity index (χ0) is 15.4. The molecule has 20 heavy (non-hydrogen) atoms. The average Bonchev–Trinajstić information content (AvgIpc) is 2.34. The first-order valence-corrected chi connectivity index (χ1v) is 7.59. The van der Waals surface area contributed by atoms with E-state index >= 15 is 0 Å². The summed E-state index contributed by atoms with van der Waals surface area (Å²) in [6.07, 6.45) is 2.53. The zero-order valence-electron chi connectivity index (χ0n) is 11.8. The van der Waals surface area contributed by atoms with Gasteiger partial charge in [0.2, 0.25) is 10.0 Å². The summed E-state index contributed by atoms with van der Waals surface area (Å²) in [5.74, 6) is -1.01. The smallest absolute Gasteiger partial charge is 0.328 e.